The minimum atomic E-state index is -0.375. The van der Waals surface area contributed by atoms with E-state index in [0.717, 1.165) is 10.4 Å². The zero-order chi connectivity index (χ0) is 24.2. The summed E-state index contributed by atoms with van der Waals surface area (Å²) >= 11 is 1.52. The molecule has 34 heavy (non-hydrogen) atoms. The third-order valence-electron chi connectivity index (χ3n) is 5.15. The highest BCUT2D eigenvalue weighted by molar-refractivity contribution is 7.13. The number of nitrogens with one attached hydrogen (secondary N) is 2. The Labute approximate surface area is 199 Å². The molecule has 0 aliphatic heterocycles. The van der Waals surface area contributed by atoms with Gasteiger partial charge in [0.2, 0.25) is 11.9 Å². The Balaban J connectivity index is 1.65. The molecule has 2 N–H and O–H groups in total. The van der Waals surface area contributed by atoms with Crippen molar-refractivity contribution in [2.75, 3.05) is 19.5 Å². The molecule has 3 heterocycles. The second kappa shape index (κ2) is 9.75. The summed E-state index contributed by atoms with van der Waals surface area (Å²) in [6, 6.07) is 10.9. The number of carbonyl (C=O) groups excluding carboxylic acids is 1. The average molecular weight is 478 g/mol. The van der Waals surface area contributed by atoms with Crippen LogP contribution in [0.15, 0.2) is 52.6 Å². The van der Waals surface area contributed by atoms with E-state index in [1.54, 1.807) is 52.3 Å². The molecule has 0 saturated carbocycles. The number of aromatic nitrogens is 4. The lowest BCUT2D eigenvalue weighted by Gasteiger charge is -2.08. The van der Waals surface area contributed by atoms with Crippen LogP contribution in [0.1, 0.15) is 16.8 Å². The van der Waals surface area contributed by atoms with E-state index >= 15 is 0 Å². The molecule has 174 valence electrons. The number of aryl methyl sites for hydroxylation is 1. The van der Waals surface area contributed by atoms with Crippen LogP contribution in [0.3, 0.4) is 0 Å². The molecule has 0 aliphatic carbocycles. The lowest BCUT2D eigenvalue weighted by Crippen LogP contribution is -2.20. The van der Waals surface area contributed by atoms with Gasteiger partial charge in [0.05, 0.1) is 19.1 Å². The summed E-state index contributed by atoms with van der Waals surface area (Å²) in [4.78, 5) is 33.1. The lowest BCUT2D eigenvalue weighted by molar-refractivity contribution is -0.111. The zero-order valence-corrected chi connectivity index (χ0v) is 19.9. The summed E-state index contributed by atoms with van der Waals surface area (Å²) in [6.45, 7) is 3.45. The van der Waals surface area contributed by atoms with E-state index in [4.69, 9.17) is 9.47 Å². The second-order valence-electron chi connectivity index (χ2n) is 7.34. The van der Waals surface area contributed by atoms with Crippen LogP contribution in [0.5, 0.6) is 11.5 Å². The van der Waals surface area contributed by atoms with Crippen molar-refractivity contribution in [1.82, 2.24) is 19.7 Å². The topological polar surface area (TPSA) is 111 Å². The Kier molecular flexibility index (Phi) is 6.60. The van der Waals surface area contributed by atoms with Gasteiger partial charge in [0.25, 0.3) is 5.56 Å². The van der Waals surface area contributed by atoms with Crippen molar-refractivity contribution in [2.45, 2.75) is 13.8 Å². The maximum atomic E-state index is 12.7. The Hall–Kier alpha value is -4.18. The molecule has 0 saturated heterocycles. The van der Waals surface area contributed by atoms with Crippen LogP contribution >= 0.6 is 11.3 Å². The zero-order valence-electron chi connectivity index (χ0n) is 19.1. The van der Waals surface area contributed by atoms with Gasteiger partial charge in [-0.3, -0.25) is 14.6 Å². The van der Waals surface area contributed by atoms with Gasteiger partial charge < -0.3 is 14.8 Å². The van der Waals surface area contributed by atoms with Gasteiger partial charge in [0.15, 0.2) is 11.5 Å². The molecule has 0 fully saturated rings. The summed E-state index contributed by atoms with van der Waals surface area (Å²) in [6.07, 6.45) is 3.06. The minimum Gasteiger partial charge on any atom is -0.493 e. The van der Waals surface area contributed by atoms with Gasteiger partial charge in [-0.25, -0.2) is 4.98 Å². The van der Waals surface area contributed by atoms with E-state index in [9.17, 15) is 9.59 Å². The van der Waals surface area contributed by atoms with E-state index < -0.39 is 0 Å². The molecule has 0 radical (unpaired) electrons. The molecular weight excluding hydrogens is 454 g/mol. The largest absolute Gasteiger partial charge is 0.493 e. The number of nitrogens with zero attached hydrogens (tertiary/aromatic N) is 3. The van der Waals surface area contributed by atoms with Crippen molar-refractivity contribution >= 4 is 29.1 Å². The number of methoxy groups -OCH3 is 2. The number of hydrogen-bond donors (Lipinski definition) is 2. The van der Waals surface area contributed by atoms with Gasteiger partial charge in [0, 0.05) is 23.4 Å². The van der Waals surface area contributed by atoms with Crippen molar-refractivity contribution in [1.29, 1.82) is 0 Å². The SMILES string of the molecule is COc1ccc(/C=C\C(=O)Nc2cc(-c3cccs3)nn2-c2nc(C)c(C)c(=O)[nH]2)cc1OC. The van der Waals surface area contributed by atoms with Crippen molar-refractivity contribution in [3.63, 3.8) is 0 Å². The molecule has 1 aromatic carbocycles. The van der Waals surface area contributed by atoms with Gasteiger partial charge in [-0.15, -0.1) is 11.3 Å². The molecule has 4 rings (SSSR count). The molecular formula is C24H23N5O4S. The third kappa shape index (κ3) is 4.76. The molecule has 0 atom stereocenters. The number of benzene rings is 1. The molecule has 10 heteroatoms. The molecule has 9 nitrogen and oxygen atoms in total. The maximum Gasteiger partial charge on any atom is 0.255 e. The van der Waals surface area contributed by atoms with Gasteiger partial charge in [0.1, 0.15) is 11.5 Å². The first-order chi connectivity index (χ1) is 16.4. The Morgan fingerprint density at radius 2 is 1.94 bits per heavy atom. The molecule has 4 aromatic rings. The number of thiophene rings is 1. The van der Waals surface area contributed by atoms with Gasteiger partial charge in [-0.2, -0.15) is 9.78 Å². The minimum absolute atomic E-state index is 0.218. The summed E-state index contributed by atoms with van der Waals surface area (Å²) in [5.74, 6) is 1.38. The second-order valence-corrected chi connectivity index (χ2v) is 8.29. The number of rotatable bonds is 7. The summed E-state index contributed by atoms with van der Waals surface area (Å²) in [5, 5.41) is 9.34. The van der Waals surface area contributed by atoms with Crippen molar-refractivity contribution in [2.24, 2.45) is 0 Å². The van der Waals surface area contributed by atoms with Crippen LogP contribution in [0.25, 0.3) is 22.6 Å². The van der Waals surface area contributed by atoms with Crippen molar-refractivity contribution in [3.05, 3.63) is 75.0 Å². The van der Waals surface area contributed by atoms with E-state index in [1.807, 2.05) is 23.6 Å². The fourth-order valence-electron chi connectivity index (χ4n) is 3.20. The molecule has 0 aliphatic rings. The number of aromatic amines is 1. The predicted octanol–water partition coefficient (Wildman–Crippen LogP) is 3.97. The Morgan fingerprint density at radius 1 is 1.15 bits per heavy atom. The summed E-state index contributed by atoms with van der Waals surface area (Å²) in [7, 11) is 3.11. The highest BCUT2D eigenvalue weighted by Crippen LogP contribution is 2.29. The molecule has 0 bridgehead atoms. The molecule has 0 unspecified atom stereocenters. The highest BCUT2D eigenvalue weighted by Gasteiger charge is 2.16. The fraction of sp³-hybridized carbons (Fsp3) is 0.167. The van der Waals surface area contributed by atoms with Gasteiger partial charge in [-0.1, -0.05) is 12.1 Å². The van der Waals surface area contributed by atoms with E-state index in [-0.39, 0.29) is 17.4 Å². The number of amides is 1. The van der Waals surface area contributed by atoms with Crippen LogP contribution in [0, 0.1) is 13.8 Å². The van der Waals surface area contributed by atoms with E-state index in [1.165, 1.54) is 22.1 Å². The summed E-state index contributed by atoms with van der Waals surface area (Å²) in [5.41, 5.74) is 2.26. The number of ether oxygens (including phenoxy) is 2. The van der Waals surface area contributed by atoms with Crippen molar-refractivity contribution < 1.29 is 14.3 Å². The molecule has 1 amide bonds. The van der Waals surface area contributed by atoms with E-state index in [2.05, 4.69) is 20.4 Å². The normalized spacial score (nSPS) is 11.1. The first-order valence-electron chi connectivity index (χ1n) is 10.3. The quantitative estimate of drug-likeness (QED) is 0.390. The van der Waals surface area contributed by atoms with Gasteiger partial charge >= 0.3 is 0 Å². The van der Waals surface area contributed by atoms with Crippen LogP contribution in [-0.2, 0) is 4.79 Å². The lowest BCUT2D eigenvalue weighted by atomic mass is 10.2. The number of carbonyl (C=O) groups is 1. The standard InChI is InChI=1S/C24H23N5O4S/c1-14-15(2)25-24(27-23(14)31)29-21(13-17(28-29)20-6-5-11-34-20)26-22(30)10-8-16-7-9-18(32-3)19(12-16)33-4/h5-13H,1-4H3,(H,26,30)(H,25,27,31)/b10-8-. The van der Waals surface area contributed by atoms with Crippen LogP contribution in [-0.4, -0.2) is 39.9 Å². The van der Waals surface area contributed by atoms with Crippen LogP contribution < -0.4 is 20.3 Å². The molecule has 3 aromatic heterocycles. The maximum absolute atomic E-state index is 12.7. The Morgan fingerprint density at radius 3 is 2.62 bits per heavy atom. The third-order valence-corrected chi connectivity index (χ3v) is 6.04. The first-order valence-corrected chi connectivity index (χ1v) is 11.2. The fourth-order valence-corrected chi connectivity index (χ4v) is 3.88. The smallest absolute Gasteiger partial charge is 0.255 e. The first kappa shape index (κ1) is 23.0. The van der Waals surface area contributed by atoms with Crippen molar-refractivity contribution in [3.8, 4) is 28.0 Å². The summed E-state index contributed by atoms with van der Waals surface area (Å²) < 4.78 is 12.0. The van der Waals surface area contributed by atoms with E-state index in [0.29, 0.717) is 34.3 Å². The van der Waals surface area contributed by atoms with Gasteiger partial charge in [-0.05, 0) is 49.1 Å². The van der Waals surface area contributed by atoms with Crippen LogP contribution in [0.2, 0.25) is 0 Å². The van der Waals surface area contributed by atoms with Crippen LogP contribution in [0.4, 0.5) is 5.82 Å². The number of hydrogen-bond acceptors (Lipinski definition) is 7. The number of H-pyrrole nitrogens is 1. The number of anilines is 1. The average Bonchev–Trinajstić information content (AvgIpc) is 3.51. The Bertz CT molecular complexity index is 1420. The monoisotopic (exact) mass is 477 g/mol. The molecule has 0 spiro atoms. The predicted molar refractivity (Wildman–Crippen MR) is 132 cm³/mol. The highest BCUT2D eigenvalue weighted by atomic mass is 32.1.